The van der Waals surface area contributed by atoms with Crippen LogP contribution in [0, 0.1) is 0 Å². The Labute approximate surface area is 80.6 Å². The van der Waals surface area contributed by atoms with E-state index in [-0.39, 0.29) is 0 Å². The van der Waals surface area contributed by atoms with Crippen LogP contribution in [0.15, 0.2) is 12.3 Å². The molecule has 0 aromatic rings. The highest BCUT2D eigenvalue weighted by atomic mass is 15.4. The van der Waals surface area contributed by atoms with Gasteiger partial charge in [-0.3, -0.25) is 9.80 Å². The van der Waals surface area contributed by atoms with Crippen molar-refractivity contribution >= 4 is 0 Å². The second-order valence-electron chi connectivity index (χ2n) is 3.36. The number of nitrogens with zero attached hydrogens (tertiary/aromatic N) is 2. The first-order valence-electron chi connectivity index (χ1n) is 4.87. The Morgan fingerprint density at radius 2 is 2.23 bits per heavy atom. The van der Waals surface area contributed by atoms with Gasteiger partial charge < -0.3 is 5.43 Å². The van der Waals surface area contributed by atoms with E-state index in [1.807, 2.05) is 12.3 Å². The minimum absolute atomic E-state index is 0.958. The molecule has 4 nitrogen and oxygen atoms in total. The second-order valence-corrected chi connectivity index (χ2v) is 3.36. The van der Waals surface area contributed by atoms with E-state index in [0.717, 1.165) is 13.2 Å². The quantitative estimate of drug-likeness (QED) is 0.592. The Morgan fingerprint density at radius 1 is 1.38 bits per heavy atom. The Bertz CT molecular complexity index is 152. The van der Waals surface area contributed by atoms with Crippen molar-refractivity contribution < 1.29 is 0 Å². The smallest absolute Gasteiger partial charge is 0.0504 e. The number of hydrazine groups is 1. The van der Waals surface area contributed by atoms with Gasteiger partial charge in [0.15, 0.2) is 0 Å². The molecular weight excluding hydrogens is 164 g/mol. The first kappa shape index (κ1) is 10.5. The minimum Gasteiger partial charge on any atom is -0.329 e. The lowest BCUT2D eigenvalue weighted by atomic mass is 10.6. The average Bonchev–Trinajstić information content (AvgIpc) is 2.76. The van der Waals surface area contributed by atoms with Gasteiger partial charge in [-0.1, -0.05) is 13.0 Å². The van der Waals surface area contributed by atoms with Crippen LogP contribution in [-0.4, -0.2) is 49.7 Å². The zero-order valence-corrected chi connectivity index (χ0v) is 8.58. The zero-order valence-electron chi connectivity index (χ0n) is 8.58. The molecule has 2 aliphatic rings. The molecule has 2 heterocycles. The predicted molar refractivity (Wildman–Crippen MR) is 55.0 cm³/mol. The van der Waals surface area contributed by atoms with E-state index >= 15 is 0 Å². The van der Waals surface area contributed by atoms with E-state index in [4.69, 9.17) is 0 Å². The third-order valence-corrected chi connectivity index (χ3v) is 2.21. The van der Waals surface area contributed by atoms with Crippen LogP contribution in [-0.2, 0) is 0 Å². The predicted octanol–water partition coefficient (Wildman–Crippen LogP) is -0.181. The van der Waals surface area contributed by atoms with Gasteiger partial charge in [0.1, 0.15) is 0 Å². The molecule has 0 bridgehead atoms. The van der Waals surface area contributed by atoms with E-state index in [1.54, 1.807) is 0 Å². The van der Waals surface area contributed by atoms with E-state index in [0.29, 0.717) is 0 Å². The summed E-state index contributed by atoms with van der Waals surface area (Å²) in [6, 6.07) is 0. The number of hydrogen-bond donors (Lipinski definition) is 2. The summed E-state index contributed by atoms with van der Waals surface area (Å²) in [5, 5.41) is 0. The van der Waals surface area contributed by atoms with Crippen LogP contribution in [0.25, 0.3) is 0 Å². The van der Waals surface area contributed by atoms with Gasteiger partial charge >= 0.3 is 0 Å². The van der Waals surface area contributed by atoms with E-state index in [2.05, 4.69) is 34.6 Å². The number of likely N-dealkylation sites (N-methyl/N-ethyl adjacent to an activating group) is 2. The van der Waals surface area contributed by atoms with Gasteiger partial charge in [-0.2, -0.15) is 0 Å². The summed E-state index contributed by atoms with van der Waals surface area (Å²) in [6.45, 7) is 8.03. The summed E-state index contributed by atoms with van der Waals surface area (Å²) >= 11 is 0. The second kappa shape index (κ2) is 5.96. The highest BCUT2D eigenvalue weighted by molar-refractivity contribution is 4.85. The molecule has 1 saturated heterocycles. The van der Waals surface area contributed by atoms with E-state index in [9.17, 15) is 0 Å². The highest BCUT2D eigenvalue weighted by Gasteiger charge is 2.12. The summed E-state index contributed by atoms with van der Waals surface area (Å²) in [5.74, 6) is 0. The maximum atomic E-state index is 2.86. The van der Waals surface area contributed by atoms with Crippen molar-refractivity contribution in [2.24, 2.45) is 0 Å². The molecule has 76 valence electrons. The van der Waals surface area contributed by atoms with Gasteiger partial charge in [0.05, 0.1) is 6.67 Å². The Kier molecular flexibility index (Phi) is 4.82. The van der Waals surface area contributed by atoms with Crippen LogP contribution >= 0.6 is 0 Å². The molecule has 0 atom stereocenters. The molecule has 0 aromatic heterocycles. The molecule has 0 radical (unpaired) electrons. The van der Waals surface area contributed by atoms with Crippen molar-refractivity contribution in [1.82, 2.24) is 20.7 Å². The van der Waals surface area contributed by atoms with Crippen molar-refractivity contribution in [3.8, 4) is 0 Å². The monoisotopic (exact) mass is 184 g/mol. The summed E-state index contributed by atoms with van der Waals surface area (Å²) < 4.78 is 0. The Balaban J connectivity index is 0.000000145. The van der Waals surface area contributed by atoms with Crippen LogP contribution in [0.3, 0.4) is 0 Å². The van der Waals surface area contributed by atoms with Crippen molar-refractivity contribution in [2.45, 2.75) is 6.92 Å². The number of nitrogens with one attached hydrogen (secondary N) is 2. The van der Waals surface area contributed by atoms with Crippen molar-refractivity contribution in [2.75, 3.05) is 39.9 Å². The molecular formula is C9H20N4. The fourth-order valence-corrected chi connectivity index (χ4v) is 1.35. The van der Waals surface area contributed by atoms with Gasteiger partial charge in [0.2, 0.25) is 0 Å². The van der Waals surface area contributed by atoms with Crippen LogP contribution in [0.2, 0.25) is 0 Å². The summed E-state index contributed by atoms with van der Waals surface area (Å²) in [5.41, 5.74) is 5.65. The van der Waals surface area contributed by atoms with Gasteiger partial charge in [0, 0.05) is 25.8 Å². The summed E-state index contributed by atoms with van der Waals surface area (Å²) in [7, 11) is 2.16. The Morgan fingerprint density at radius 3 is 2.46 bits per heavy atom. The molecule has 13 heavy (non-hydrogen) atoms. The van der Waals surface area contributed by atoms with Crippen molar-refractivity contribution in [3.05, 3.63) is 12.3 Å². The van der Waals surface area contributed by atoms with Gasteiger partial charge in [-0.05, 0) is 13.6 Å². The fraction of sp³-hybridized carbons (Fsp3) is 0.778. The lowest BCUT2D eigenvalue weighted by Gasteiger charge is -2.10. The first-order valence-corrected chi connectivity index (χ1v) is 4.87. The number of rotatable bonds is 1. The maximum absolute atomic E-state index is 2.86. The van der Waals surface area contributed by atoms with Gasteiger partial charge in [-0.15, -0.1) is 0 Å². The van der Waals surface area contributed by atoms with Gasteiger partial charge in [0.25, 0.3) is 0 Å². The van der Waals surface area contributed by atoms with Crippen molar-refractivity contribution in [1.29, 1.82) is 0 Å². The molecule has 0 unspecified atom stereocenters. The van der Waals surface area contributed by atoms with E-state index < -0.39 is 0 Å². The molecule has 0 amide bonds. The third-order valence-electron chi connectivity index (χ3n) is 2.21. The molecule has 4 heteroatoms. The highest BCUT2D eigenvalue weighted by Crippen LogP contribution is 1.98. The molecule has 0 aliphatic carbocycles. The molecule has 0 aromatic carbocycles. The lowest BCUT2D eigenvalue weighted by Crippen LogP contribution is -2.22. The third kappa shape index (κ3) is 4.26. The van der Waals surface area contributed by atoms with Crippen LogP contribution in [0.5, 0.6) is 0 Å². The minimum atomic E-state index is 0.958. The average molecular weight is 184 g/mol. The molecule has 1 fully saturated rings. The summed E-state index contributed by atoms with van der Waals surface area (Å²) in [6.07, 6.45) is 3.89. The maximum Gasteiger partial charge on any atom is 0.0504 e. The summed E-state index contributed by atoms with van der Waals surface area (Å²) in [4.78, 5) is 4.77. The van der Waals surface area contributed by atoms with Crippen LogP contribution in [0.1, 0.15) is 6.92 Å². The molecule has 0 saturated carbocycles. The zero-order chi connectivity index (χ0) is 9.52. The van der Waals surface area contributed by atoms with Crippen LogP contribution in [0.4, 0.5) is 0 Å². The Hall–Kier alpha value is -0.580. The molecule has 2 rings (SSSR count). The lowest BCUT2D eigenvalue weighted by molar-refractivity contribution is 0.286. The number of hydrogen-bond acceptors (Lipinski definition) is 4. The largest absolute Gasteiger partial charge is 0.329 e. The topological polar surface area (TPSA) is 30.5 Å². The molecule has 2 N–H and O–H groups in total. The molecule has 2 aliphatic heterocycles. The standard InChI is InChI=1S/C6H14N2.C3H6N2/c1-3-8-5-4-7(2)6-8;1-2-4-5-3-1/h3-6H2,1-2H3;1-2,4-5H,3H2. The first-order chi connectivity index (χ1) is 6.33. The SMILES string of the molecule is C1=CNNC1.CCN1CCN(C)C1. The van der Waals surface area contributed by atoms with E-state index in [1.165, 1.54) is 19.6 Å². The fourth-order valence-electron chi connectivity index (χ4n) is 1.35. The normalized spacial score (nSPS) is 22.6. The van der Waals surface area contributed by atoms with Gasteiger partial charge in [-0.25, -0.2) is 5.43 Å². The molecule has 0 spiro atoms. The van der Waals surface area contributed by atoms with Crippen LogP contribution < -0.4 is 10.9 Å². The van der Waals surface area contributed by atoms with Crippen molar-refractivity contribution in [3.63, 3.8) is 0 Å².